The Labute approximate surface area is 190 Å². The van der Waals surface area contributed by atoms with Gasteiger partial charge in [-0.25, -0.2) is 12.8 Å². The number of halogens is 1. The number of carbonyl (C=O) groups excluding carboxylic acids is 1. The first-order valence-corrected chi connectivity index (χ1v) is 12.6. The number of thioether (sulfide) groups is 1. The fourth-order valence-corrected chi connectivity index (χ4v) is 4.48. The molecule has 0 radical (unpaired) electrons. The van der Waals surface area contributed by atoms with Gasteiger partial charge in [-0.05, 0) is 48.4 Å². The molecule has 11 heteroatoms. The van der Waals surface area contributed by atoms with Gasteiger partial charge in [-0.2, -0.15) is 0 Å². The van der Waals surface area contributed by atoms with E-state index in [2.05, 4.69) is 22.4 Å². The quantitative estimate of drug-likeness (QED) is 0.476. The summed E-state index contributed by atoms with van der Waals surface area (Å²) in [6, 6.07) is 12.8. The van der Waals surface area contributed by atoms with Crippen LogP contribution in [-0.2, 0) is 34.8 Å². The number of anilines is 2. The van der Waals surface area contributed by atoms with Crippen LogP contribution in [0.2, 0.25) is 0 Å². The summed E-state index contributed by atoms with van der Waals surface area (Å²) in [6.45, 7) is 1.98. The number of aromatic nitrogens is 3. The van der Waals surface area contributed by atoms with Crippen LogP contribution in [0.1, 0.15) is 18.3 Å². The summed E-state index contributed by atoms with van der Waals surface area (Å²) in [4.78, 5) is 12.3. The summed E-state index contributed by atoms with van der Waals surface area (Å²) in [6.07, 6.45) is 2.00. The van der Waals surface area contributed by atoms with E-state index in [1.165, 1.54) is 41.6 Å². The number of carbonyl (C=O) groups is 1. The van der Waals surface area contributed by atoms with Crippen molar-refractivity contribution in [3.63, 3.8) is 0 Å². The third-order valence-corrected chi connectivity index (χ3v) is 6.86. The van der Waals surface area contributed by atoms with E-state index in [4.69, 9.17) is 0 Å². The first kappa shape index (κ1) is 23.7. The summed E-state index contributed by atoms with van der Waals surface area (Å²) >= 11 is 1.19. The van der Waals surface area contributed by atoms with Crippen molar-refractivity contribution in [1.82, 2.24) is 14.8 Å². The van der Waals surface area contributed by atoms with E-state index in [1.54, 1.807) is 11.6 Å². The maximum atomic E-state index is 13.2. The monoisotopic (exact) mass is 477 g/mol. The number of aryl methyl sites for hydroxylation is 1. The van der Waals surface area contributed by atoms with Gasteiger partial charge >= 0.3 is 0 Å². The SMILES string of the molecule is CCc1ccc(NC(=O)CSc2nnc(CN(c3ccc(F)cc3)S(C)(=O)=O)n2C)cc1. The minimum atomic E-state index is -3.64. The van der Waals surface area contributed by atoms with Crippen LogP contribution in [-0.4, -0.2) is 41.1 Å². The van der Waals surface area contributed by atoms with Crippen molar-refractivity contribution in [1.29, 1.82) is 0 Å². The van der Waals surface area contributed by atoms with E-state index in [9.17, 15) is 17.6 Å². The summed E-state index contributed by atoms with van der Waals surface area (Å²) in [7, 11) is -1.94. The van der Waals surface area contributed by atoms with E-state index in [0.717, 1.165) is 22.7 Å². The molecular weight excluding hydrogens is 453 g/mol. The van der Waals surface area contributed by atoms with Gasteiger partial charge in [0.05, 0.1) is 24.2 Å². The van der Waals surface area contributed by atoms with E-state index < -0.39 is 15.8 Å². The average Bonchev–Trinajstić information content (AvgIpc) is 3.10. The van der Waals surface area contributed by atoms with Gasteiger partial charge in [0.2, 0.25) is 15.9 Å². The Morgan fingerprint density at radius 3 is 2.38 bits per heavy atom. The van der Waals surface area contributed by atoms with Crippen LogP contribution in [0.25, 0.3) is 0 Å². The molecule has 0 saturated heterocycles. The van der Waals surface area contributed by atoms with Gasteiger partial charge < -0.3 is 9.88 Å². The Balaban J connectivity index is 1.65. The Bertz CT molecular complexity index is 1180. The van der Waals surface area contributed by atoms with Crippen molar-refractivity contribution in [3.8, 4) is 0 Å². The standard InChI is InChI=1S/C21H24FN5O3S2/c1-4-15-5-9-17(10-6-15)23-20(28)14-31-21-25-24-19(26(21)2)13-27(32(3,29)30)18-11-7-16(22)8-12-18/h5-12H,4,13-14H2,1-3H3,(H,23,28). The van der Waals surface area contributed by atoms with Crippen molar-refractivity contribution in [2.24, 2.45) is 7.05 Å². The Morgan fingerprint density at radius 1 is 1.12 bits per heavy atom. The average molecular weight is 478 g/mol. The van der Waals surface area contributed by atoms with Crippen LogP contribution in [0, 0.1) is 5.82 Å². The summed E-state index contributed by atoms with van der Waals surface area (Å²) in [5, 5.41) is 11.5. The molecular formula is C21H24FN5O3S2. The normalized spacial score (nSPS) is 11.4. The number of hydrogen-bond donors (Lipinski definition) is 1. The van der Waals surface area contributed by atoms with Crippen LogP contribution in [0.4, 0.5) is 15.8 Å². The molecule has 0 aliphatic heterocycles. The number of hydrogen-bond acceptors (Lipinski definition) is 6. The third kappa shape index (κ3) is 6.07. The maximum Gasteiger partial charge on any atom is 0.234 e. The molecule has 8 nitrogen and oxygen atoms in total. The lowest BCUT2D eigenvalue weighted by molar-refractivity contribution is -0.113. The number of rotatable bonds is 9. The minimum Gasteiger partial charge on any atom is -0.325 e. The van der Waals surface area contributed by atoms with Crippen LogP contribution < -0.4 is 9.62 Å². The molecule has 3 aromatic rings. The zero-order valence-corrected chi connectivity index (χ0v) is 19.6. The second kappa shape index (κ2) is 10.1. The second-order valence-corrected chi connectivity index (χ2v) is 9.94. The molecule has 0 atom stereocenters. The zero-order valence-electron chi connectivity index (χ0n) is 17.9. The van der Waals surface area contributed by atoms with Crippen LogP contribution in [0.5, 0.6) is 0 Å². The van der Waals surface area contributed by atoms with Gasteiger partial charge in [-0.3, -0.25) is 9.10 Å². The number of nitrogens with zero attached hydrogens (tertiary/aromatic N) is 4. The first-order valence-electron chi connectivity index (χ1n) is 9.80. The molecule has 0 fully saturated rings. The van der Waals surface area contributed by atoms with Gasteiger partial charge in [-0.1, -0.05) is 30.8 Å². The highest BCUT2D eigenvalue weighted by atomic mass is 32.2. The van der Waals surface area contributed by atoms with Crippen molar-refractivity contribution in [3.05, 3.63) is 65.7 Å². The molecule has 0 bridgehead atoms. The molecule has 0 saturated carbocycles. The summed E-state index contributed by atoms with van der Waals surface area (Å²) < 4.78 is 40.6. The van der Waals surface area contributed by atoms with Crippen molar-refractivity contribution < 1.29 is 17.6 Å². The highest BCUT2D eigenvalue weighted by Gasteiger charge is 2.22. The predicted octanol–water partition coefficient (Wildman–Crippen LogP) is 3.21. The lowest BCUT2D eigenvalue weighted by Crippen LogP contribution is -2.30. The van der Waals surface area contributed by atoms with Crippen LogP contribution in [0.15, 0.2) is 53.7 Å². The Kier molecular flexibility index (Phi) is 7.52. The second-order valence-electron chi connectivity index (χ2n) is 7.09. The van der Waals surface area contributed by atoms with E-state index >= 15 is 0 Å². The molecule has 0 aliphatic carbocycles. The number of nitrogens with one attached hydrogen (secondary N) is 1. The maximum absolute atomic E-state index is 13.2. The third-order valence-electron chi connectivity index (χ3n) is 4.70. The first-order chi connectivity index (χ1) is 15.2. The molecule has 1 N–H and O–H groups in total. The molecule has 0 unspecified atom stereocenters. The molecule has 1 amide bonds. The largest absolute Gasteiger partial charge is 0.325 e. The van der Waals surface area contributed by atoms with Crippen LogP contribution in [0.3, 0.4) is 0 Å². The van der Waals surface area contributed by atoms with Crippen molar-refractivity contribution >= 4 is 39.1 Å². The lowest BCUT2D eigenvalue weighted by atomic mass is 10.1. The van der Waals surface area contributed by atoms with Gasteiger partial charge in [-0.15, -0.1) is 10.2 Å². The fraction of sp³-hybridized carbons (Fsp3) is 0.286. The van der Waals surface area contributed by atoms with Gasteiger partial charge in [0.1, 0.15) is 5.82 Å². The molecule has 1 aromatic heterocycles. The smallest absolute Gasteiger partial charge is 0.234 e. The molecule has 1 heterocycles. The summed E-state index contributed by atoms with van der Waals surface area (Å²) in [5.41, 5.74) is 2.22. The molecule has 170 valence electrons. The fourth-order valence-electron chi connectivity index (χ4n) is 2.90. The molecule has 32 heavy (non-hydrogen) atoms. The Morgan fingerprint density at radius 2 is 1.78 bits per heavy atom. The minimum absolute atomic E-state index is 0.0789. The van der Waals surface area contributed by atoms with Gasteiger partial charge in [0.25, 0.3) is 0 Å². The topological polar surface area (TPSA) is 97.2 Å². The predicted molar refractivity (Wildman–Crippen MR) is 124 cm³/mol. The number of benzene rings is 2. The molecule has 2 aromatic carbocycles. The van der Waals surface area contributed by atoms with E-state index in [1.807, 2.05) is 24.3 Å². The molecule has 0 spiro atoms. The summed E-state index contributed by atoms with van der Waals surface area (Å²) in [5.74, 6) is -0.139. The number of sulfonamides is 1. The zero-order chi connectivity index (χ0) is 23.3. The van der Waals surface area contributed by atoms with Gasteiger partial charge in [0, 0.05) is 12.7 Å². The van der Waals surface area contributed by atoms with E-state index in [0.29, 0.717) is 16.7 Å². The molecule has 0 aliphatic rings. The van der Waals surface area contributed by atoms with E-state index in [-0.39, 0.29) is 18.2 Å². The highest BCUT2D eigenvalue weighted by Crippen LogP contribution is 2.22. The Hall–Kier alpha value is -2.92. The lowest BCUT2D eigenvalue weighted by Gasteiger charge is -2.21. The highest BCUT2D eigenvalue weighted by molar-refractivity contribution is 7.99. The van der Waals surface area contributed by atoms with Crippen LogP contribution >= 0.6 is 11.8 Å². The van der Waals surface area contributed by atoms with Crippen molar-refractivity contribution in [2.45, 2.75) is 25.0 Å². The van der Waals surface area contributed by atoms with Crippen molar-refractivity contribution in [2.75, 3.05) is 21.6 Å². The number of amides is 1. The molecule has 3 rings (SSSR count). The van der Waals surface area contributed by atoms with Gasteiger partial charge in [0.15, 0.2) is 11.0 Å².